The Morgan fingerprint density at radius 1 is 1.53 bits per heavy atom. The van der Waals surface area contributed by atoms with Crippen LogP contribution < -0.4 is 0 Å². The summed E-state index contributed by atoms with van der Waals surface area (Å²) in [4.78, 5) is 0.740. The molecule has 2 aromatic heterocycles. The normalized spacial score (nSPS) is 12.9. The van der Waals surface area contributed by atoms with Gasteiger partial charge in [-0.1, -0.05) is 23.0 Å². The number of aromatic nitrogens is 4. The van der Waals surface area contributed by atoms with E-state index in [0.717, 1.165) is 17.0 Å². The number of aliphatic hydroxyl groups is 1. The van der Waals surface area contributed by atoms with Crippen LogP contribution in [0.15, 0.2) is 6.20 Å². The van der Waals surface area contributed by atoms with Gasteiger partial charge in [-0.3, -0.25) is 4.68 Å². The second-order valence-corrected chi connectivity index (χ2v) is 4.73. The van der Waals surface area contributed by atoms with Crippen molar-refractivity contribution in [2.75, 3.05) is 0 Å². The van der Waals surface area contributed by atoms with Gasteiger partial charge in [0.15, 0.2) is 0 Å². The second kappa shape index (κ2) is 5.12. The molecule has 0 fully saturated rings. The minimum atomic E-state index is -0.806. The van der Waals surface area contributed by atoms with Crippen LogP contribution in [0.2, 0.25) is 5.02 Å². The molecular formula is C10H13ClN4OS. The summed E-state index contributed by atoms with van der Waals surface area (Å²) in [6.45, 7) is 4.59. The molecule has 1 atom stereocenters. The first-order valence-electron chi connectivity index (χ1n) is 5.39. The molecule has 0 radical (unpaired) electrons. The molecule has 7 heteroatoms. The van der Waals surface area contributed by atoms with Gasteiger partial charge in [0.2, 0.25) is 0 Å². The average molecular weight is 273 g/mol. The lowest BCUT2D eigenvalue weighted by molar-refractivity contribution is 0.210. The molecule has 0 saturated carbocycles. The monoisotopic (exact) mass is 272 g/mol. The molecule has 17 heavy (non-hydrogen) atoms. The Morgan fingerprint density at radius 2 is 2.29 bits per heavy atom. The van der Waals surface area contributed by atoms with E-state index in [2.05, 4.69) is 14.7 Å². The van der Waals surface area contributed by atoms with Gasteiger partial charge in [-0.05, 0) is 24.9 Å². The Bertz CT molecular complexity index is 510. The Kier molecular flexibility index (Phi) is 3.76. The van der Waals surface area contributed by atoms with Gasteiger partial charge in [-0.25, -0.2) is 0 Å². The van der Waals surface area contributed by atoms with E-state index in [-0.39, 0.29) is 0 Å². The minimum absolute atomic E-state index is 0.467. The molecule has 0 saturated heterocycles. The highest BCUT2D eigenvalue weighted by Crippen LogP contribution is 2.31. The van der Waals surface area contributed by atoms with E-state index in [4.69, 9.17) is 11.6 Å². The summed E-state index contributed by atoms with van der Waals surface area (Å²) >= 11 is 7.25. The SMILES string of the molecule is CCc1nnsc1C(O)c1c(Cl)cnn1CC. The maximum Gasteiger partial charge on any atom is 0.135 e. The van der Waals surface area contributed by atoms with Gasteiger partial charge in [0, 0.05) is 6.54 Å². The minimum Gasteiger partial charge on any atom is -0.381 e. The quantitative estimate of drug-likeness (QED) is 0.925. The lowest BCUT2D eigenvalue weighted by Gasteiger charge is -2.11. The molecule has 92 valence electrons. The zero-order chi connectivity index (χ0) is 12.4. The number of rotatable bonds is 4. The molecule has 0 amide bonds. The molecule has 0 spiro atoms. The van der Waals surface area contributed by atoms with Crippen molar-refractivity contribution in [1.82, 2.24) is 19.4 Å². The van der Waals surface area contributed by atoms with Crippen LogP contribution in [-0.4, -0.2) is 24.5 Å². The van der Waals surface area contributed by atoms with Crippen LogP contribution >= 0.6 is 23.1 Å². The third-order valence-corrected chi connectivity index (χ3v) is 3.67. The Labute approximate surface area is 108 Å². The van der Waals surface area contributed by atoms with Crippen LogP contribution in [0, 0.1) is 0 Å². The van der Waals surface area contributed by atoms with Crippen molar-refractivity contribution >= 4 is 23.1 Å². The molecule has 5 nitrogen and oxygen atoms in total. The Hall–Kier alpha value is -0.980. The first-order valence-corrected chi connectivity index (χ1v) is 6.54. The first kappa shape index (κ1) is 12.5. The summed E-state index contributed by atoms with van der Waals surface area (Å²) in [7, 11) is 0. The molecule has 0 aliphatic carbocycles. The van der Waals surface area contributed by atoms with Crippen molar-refractivity contribution in [3.8, 4) is 0 Å². The van der Waals surface area contributed by atoms with Crippen LogP contribution in [-0.2, 0) is 13.0 Å². The summed E-state index contributed by atoms with van der Waals surface area (Å²) < 4.78 is 5.55. The molecule has 1 N–H and O–H groups in total. The maximum absolute atomic E-state index is 10.4. The molecule has 0 aromatic carbocycles. The lowest BCUT2D eigenvalue weighted by atomic mass is 10.1. The highest BCUT2D eigenvalue weighted by Gasteiger charge is 2.23. The summed E-state index contributed by atoms with van der Waals surface area (Å²) in [5.41, 5.74) is 1.41. The van der Waals surface area contributed by atoms with E-state index < -0.39 is 6.10 Å². The van der Waals surface area contributed by atoms with Gasteiger partial charge >= 0.3 is 0 Å². The summed E-state index contributed by atoms with van der Waals surface area (Å²) in [5, 5.41) is 18.9. The largest absolute Gasteiger partial charge is 0.381 e. The van der Waals surface area contributed by atoms with Crippen LogP contribution in [0.3, 0.4) is 0 Å². The highest BCUT2D eigenvalue weighted by molar-refractivity contribution is 7.05. The highest BCUT2D eigenvalue weighted by atomic mass is 35.5. The van der Waals surface area contributed by atoms with E-state index in [1.807, 2.05) is 13.8 Å². The number of halogens is 1. The van der Waals surface area contributed by atoms with E-state index in [1.54, 1.807) is 10.9 Å². The standard InChI is InChI=1S/C10H13ClN4OS/c1-3-7-10(17-14-13-7)9(16)8-6(11)5-12-15(8)4-2/h5,9,16H,3-4H2,1-2H3. The van der Waals surface area contributed by atoms with Crippen molar-refractivity contribution in [3.63, 3.8) is 0 Å². The Morgan fingerprint density at radius 3 is 2.94 bits per heavy atom. The van der Waals surface area contributed by atoms with E-state index >= 15 is 0 Å². The fourth-order valence-corrected chi connectivity index (χ4v) is 2.66. The topological polar surface area (TPSA) is 63.8 Å². The average Bonchev–Trinajstić information content (AvgIpc) is 2.93. The molecule has 0 bridgehead atoms. The molecule has 0 aliphatic heterocycles. The lowest BCUT2D eigenvalue weighted by Crippen LogP contribution is -2.10. The molecular weight excluding hydrogens is 260 g/mol. The van der Waals surface area contributed by atoms with Crippen molar-refractivity contribution in [3.05, 3.63) is 27.5 Å². The Balaban J connectivity index is 2.43. The number of hydrogen-bond acceptors (Lipinski definition) is 5. The van der Waals surface area contributed by atoms with Crippen LogP contribution in [0.5, 0.6) is 0 Å². The smallest absolute Gasteiger partial charge is 0.135 e. The van der Waals surface area contributed by atoms with Crippen molar-refractivity contribution < 1.29 is 5.11 Å². The van der Waals surface area contributed by atoms with Gasteiger partial charge in [0.05, 0.1) is 27.5 Å². The fourth-order valence-electron chi connectivity index (χ4n) is 1.69. The van der Waals surface area contributed by atoms with Gasteiger partial charge < -0.3 is 5.11 Å². The van der Waals surface area contributed by atoms with E-state index in [1.165, 1.54) is 11.5 Å². The van der Waals surface area contributed by atoms with Crippen molar-refractivity contribution in [1.29, 1.82) is 0 Å². The predicted octanol–water partition coefficient (Wildman–Crippen LogP) is 2.05. The van der Waals surface area contributed by atoms with E-state index in [0.29, 0.717) is 17.3 Å². The molecule has 0 aliphatic rings. The van der Waals surface area contributed by atoms with Crippen LogP contribution in [0.25, 0.3) is 0 Å². The number of nitrogens with zero attached hydrogens (tertiary/aromatic N) is 4. The molecule has 1 unspecified atom stereocenters. The zero-order valence-corrected chi connectivity index (χ0v) is 11.2. The second-order valence-electron chi connectivity index (χ2n) is 3.53. The predicted molar refractivity (Wildman–Crippen MR) is 66.3 cm³/mol. The van der Waals surface area contributed by atoms with Gasteiger partial charge in [0.1, 0.15) is 6.10 Å². The number of aliphatic hydroxyl groups excluding tert-OH is 1. The number of hydrogen-bond donors (Lipinski definition) is 1. The number of aryl methyl sites for hydroxylation is 2. The van der Waals surface area contributed by atoms with Gasteiger partial charge in [0.25, 0.3) is 0 Å². The molecule has 2 heterocycles. The third-order valence-electron chi connectivity index (χ3n) is 2.56. The zero-order valence-electron chi connectivity index (χ0n) is 9.59. The molecule has 2 aromatic rings. The third kappa shape index (κ3) is 2.20. The summed E-state index contributed by atoms with van der Waals surface area (Å²) in [5.74, 6) is 0. The van der Waals surface area contributed by atoms with Crippen LogP contribution in [0.1, 0.15) is 36.2 Å². The summed E-state index contributed by atoms with van der Waals surface area (Å²) in [6.07, 6.45) is 1.48. The maximum atomic E-state index is 10.4. The molecule has 2 rings (SSSR count). The van der Waals surface area contributed by atoms with Gasteiger partial charge in [-0.2, -0.15) is 5.10 Å². The van der Waals surface area contributed by atoms with Crippen molar-refractivity contribution in [2.45, 2.75) is 32.9 Å². The fraction of sp³-hybridized carbons (Fsp3) is 0.500. The van der Waals surface area contributed by atoms with E-state index in [9.17, 15) is 5.11 Å². The first-order chi connectivity index (χ1) is 8.19. The van der Waals surface area contributed by atoms with Crippen LogP contribution in [0.4, 0.5) is 0 Å². The van der Waals surface area contributed by atoms with Gasteiger partial charge in [-0.15, -0.1) is 5.10 Å². The van der Waals surface area contributed by atoms with Crippen molar-refractivity contribution in [2.24, 2.45) is 0 Å². The summed E-state index contributed by atoms with van der Waals surface area (Å²) in [6, 6.07) is 0.